The van der Waals surface area contributed by atoms with Gasteiger partial charge in [-0.05, 0) is 36.8 Å². The SMILES string of the molecule is Cc1ccc(NC(=O)CSCCOc2ccccc2Cl)cc1F. The van der Waals surface area contributed by atoms with Crippen LogP contribution in [0.3, 0.4) is 0 Å². The Balaban J connectivity index is 1.67. The van der Waals surface area contributed by atoms with Gasteiger partial charge in [0.1, 0.15) is 11.6 Å². The van der Waals surface area contributed by atoms with Crippen LogP contribution in [0.15, 0.2) is 42.5 Å². The average molecular weight is 354 g/mol. The molecule has 0 saturated carbocycles. The average Bonchev–Trinajstić information content (AvgIpc) is 2.52. The molecule has 1 amide bonds. The van der Waals surface area contributed by atoms with Crippen molar-refractivity contribution in [2.45, 2.75) is 6.92 Å². The Kier molecular flexibility index (Phi) is 6.74. The fourth-order valence-electron chi connectivity index (χ4n) is 1.80. The summed E-state index contributed by atoms with van der Waals surface area (Å²) in [7, 11) is 0. The summed E-state index contributed by atoms with van der Waals surface area (Å²) in [6.45, 7) is 2.14. The number of ether oxygens (including phenoxy) is 1. The van der Waals surface area contributed by atoms with Crippen molar-refractivity contribution in [3.63, 3.8) is 0 Å². The van der Waals surface area contributed by atoms with Crippen LogP contribution in [0.2, 0.25) is 5.02 Å². The van der Waals surface area contributed by atoms with Crippen LogP contribution in [-0.2, 0) is 4.79 Å². The first-order valence-electron chi connectivity index (χ1n) is 7.07. The lowest BCUT2D eigenvalue weighted by atomic mass is 10.2. The van der Waals surface area contributed by atoms with Gasteiger partial charge in [0.25, 0.3) is 0 Å². The van der Waals surface area contributed by atoms with Crippen LogP contribution in [0, 0.1) is 12.7 Å². The number of carbonyl (C=O) groups is 1. The van der Waals surface area contributed by atoms with Gasteiger partial charge in [0, 0.05) is 11.4 Å². The number of halogens is 2. The molecule has 0 atom stereocenters. The van der Waals surface area contributed by atoms with Gasteiger partial charge in [-0.15, -0.1) is 11.8 Å². The maximum atomic E-state index is 13.4. The van der Waals surface area contributed by atoms with Crippen LogP contribution in [0.1, 0.15) is 5.56 Å². The van der Waals surface area contributed by atoms with Crippen LogP contribution in [-0.4, -0.2) is 24.0 Å². The molecule has 0 aliphatic carbocycles. The molecule has 23 heavy (non-hydrogen) atoms. The van der Waals surface area contributed by atoms with Crippen LogP contribution < -0.4 is 10.1 Å². The third kappa shape index (κ3) is 5.77. The van der Waals surface area contributed by atoms with Crippen LogP contribution >= 0.6 is 23.4 Å². The minimum Gasteiger partial charge on any atom is -0.491 e. The van der Waals surface area contributed by atoms with E-state index in [1.165, 1.54) is 17.8 Å². The molecule has 0 unspecified atom stereocenters. The first kappa shape index (κ1) is 17.6. The number of aryl methyl sites for hydroxylation is 1. The quantitative estimate of drug-likeness (QED) is 0.743. The molecule has 0 radical (unpaired) electrons. The molecule has 1 N–H and O–H groups in total. The molecule has 0 bridgehead atoms. The molecule has 2 aromatic carbocycles. The summed E-state index contributed by atoms with van der Waals surface area (Å²) in [5.41, 5.74) is 1.01. The molecule has 2 aromatic rings. The van der Waals surface area contributed by atoms with Crippen molar-refractivity contribution in [2.24, 2.45) is 0 Å². The minimum atomic E-state index is -0.330. The molecule has 0 aliphatic heterocycles. The summed E-state index contributed by atoms with van der Waals surface area (Å²) in [5.74, 6) is 1.07. The number of benzene rings is 2. The Morgan fingerprint density at radius 3 is 2.83 bits per heavy atom. The molecular weight excluding hydrogens is 337 g/mol. The summed E-state index contributed by atoms with van der Waals surface area (Å²) in [6, 6.07) is 11.9. The maximum Gasteiger partial charge on any atom is 0.234 e. The minimum absolute atomic E-state index is 0.170. The van der Waals surface area contributed by atoms with E-state index in [9.17, 15) is 9.18 Å². The van der Waals surface area contributed by atoms with Gasteiger partial charge in [-0.1, -0.05) is 29.8 Å². The molecular formula is C17H17ClFNO2S. The van der Waals surface area contributed by atoms with E-state index < -0.39 is 0 Å². The summed E-state index contributed by atoms with van der Waals surface area (Å²) in [4.78, 5) is 11.8. The van der Waals surface area contributed by atoms with Gasteiger partial charge in [-0.25, -0.2) is 4.39 Å². The Bertz CT molecular complexity index is 681. The molecule has 0 heterocycles. The number of nitrogens with one attached hydrogen (secondary N) is 1. The van der Waals surface area contributed by atoms with Gasteiger partial charge in [0.2, 0.25) is 5.91 Å². The monoisotopic (exact) mass is 353 g/mol. The Labute approximate surface area is 144 Å². The Morgan fingerprint density at radius 1 is 1.30 bits per heavy atom. The number of hydrogen-bond donors (Lipinski definition) is 1. The molecule has 0 fully saturated rings. The number of thioether (sulfide) groups is 1. The number of carbonyl (C=O) groups excluding carboxylic acids is 1. The predicted octanol–water partition coefficient (Wildman–Crippen LogP) is 4.54. The van der Waals surface area contributed by atoms with Gasteiger partial charge in [-0.2, -0.15) is 0 Å². The van der Waals surface area contributed by atoms with Crippen molar-refractivity contribution in [1.82, 2.24) is 0 Å². The van der Waals surface area contributed by atoms with Crippen molar-refractivity contribution in [3.05, 3.63) is 58.9 Å². The molecule has 122 valence electrons. The first-order valence-corrected chi connectivity index (χ1v) is 8.60. The van der Waals surface area contributed by atoms with Crippen molar-refractivity contribution in [1.29, 1.82) is 0 Å². The summed E-state index contributed by atoms with van der Waals surface area (Å²) < 4.78 is 18.9. The standard InChI is InChI=1S/C17H17ClFNO2S/c1-12-6-7-13(10-15(12)19)20-17(21)11-23-9-8-22-16-5-3-2-4-14(16)18/h2-7,10H,8-9,11H2,1H3,(H,20,21). The van der Waals surface area contributed by atoms with Gasteiger partial charge in [-0.3, -0.25) is 4.79 Å². The number of hydrogen-bond acceptors (Lipinski definition) is 3. The number of para-hydroxylation sites is 1. The molecule has 0 spiro atoms. The largest absolute Gasteiger partial charge is 0.491 e. The number of amides is 1. The molecule has 3 nitrogen and oxygen atoms in total. The molecule has 0 saturated heterocycles. The molecule has 0 aliphatic rings. The van der Waals surface area contributed by atoms with E-state index in [2.05, 4.69) is 5.32 Å². The second-order valence-electron chi connectivity index (χ2n) is 4.84. The van der Waals surface area contributed by atoms with Crippen LogP contribution in [0.5, 0.6) is 5.75 Å². The van der Waals surface area contributed by atoms with E-state index in [0.717, 1.165) is 0 Å². The zero-order valence-electron chi connectivity index (χ0n) is 12.6. The van der Waals surface area contributed by atoms with Crippen molar-refractivity contribution >= 4 is 35.0 Å². The number of anilines is 1. The van der Waals surface area contributed by atoms with Crippen LogP contribution in [0.25, 0.3) is 0 Å². The normalized spacial score (nSPS) is 10.4. The summed E-state index contributed by atoms with van der Waals surface area (Å²) in [6.07, 6.45) is 0. The highest BCUT2D eigenvalue weighted by Gasteiger charge is 2.05. The van der Waals surface area contributed by atoms with Gasteiger partial charge in [0.15, 0.2) is 0 Å². The van der Waals surface area contributed by atoms with Crippen molar-refractivity contribution in [3.8, 4) is 5.75 Å². The lowest BCUT2D eigenvalue weighted by molar-refractivity contribution is -0.113. The highest BCUT2D eigenvalue weighted by Crippen LogP contribution is 2.23. The first-order chi connectivity index (χ1) is 11.1. The molecule has 6 heteroatoms. The van der Waals surface area contributed by atoms with Crippen molar-refractivity contribution in [2.75, 3.05) is 23.4 Å². The third-order valence-electron chi connectivity index (χ3n) is 3.01. The second-order valence-corrected chi connectivity index (χ2v) is 6.36. The number of rotatable bonds is 7. The highest BCUT2D eigenvalue weighted by molar-refractivity contribution is 7.99. The smallest absolute Gasteiger partial charge is 0.234 e. The molecule has 2 rings (SSSR count). The lowest BCUT2D eigenvalue weighted by Crippen LogP contribution is -2.15. The lowest BCUT2D eigenvalue weighted by Gasteiger charge is -2.08. The molecule has 0 aromatic heterocycles. The van der Waals surface area contributed by atoms with E-state index in [4.69, 9.17) is 16.3 Å². The summed E-state index contributed by atoms with van der Waals surface area (Å²) in [5, 5.41) is 3.23. The maximum absolute atomic E-state index is 13.4. The fourth-order valence-corrected chi connectivity index (χ4v) is 2.60. The second kappa shape index (κ2) is 8.79. The van der Waals surface area contributed by atoms with E-state index in [0.29, 0.717) is 34.4 Å². The zero-order valence-corrected chi connectivity index (χ0v) is 14.2. The summed E-state index contributed by atoms with van der Waals surface area (Å²) >= 11 is 7.41. The fraction of sp³-hybridized carbons (Fsp3) is 0.235. The van der Waals surface area contributed by atoms with Gasteiger partial charge >= 0.3 is 0 Å². The topological polar surface area (TPSA) is 38.3 Å². The Morgan fingerprint density at radius 2 is 2.09 bits per heavy atom. The highest BCUT2D eigenvalue weighted by atomic mass is 35.5. The van der Waals surface area contributed by atoms with E-state index in [1.807, 2.05) is 12.1 Å². The van der Waals surface area contributed by atoms with Gasteiger partial charge < -0.3 is 10.1 Å². The van der Waals surface area contributed by atoms with Crippen molar-refractivity contribution < 1.29 is 13.9 Å². The Hall–Kier alpha value is -1.72. The van der Waals surface area contributed by atoms with E-state index in [1.54, 1.807) is 31.2 Å². The van der Waals surface area contributed by atoms with Crippen LogP contribution in [0.4, 0.5) is 10.1 Å². The van der Waals surface area contributed by atoms with E-state index >= 15 is 0 Å². The zero-order chi connectivity index (χ0) is 16.7. The predicted molar refractivity (Wildman–Crippen MR) is 94.0 cm³/mol. The van der Waals surface area contributed by atoms with E-state index in [-0.39, 0.29) is 17.5 Å². The third-order valence-corrected chi connectivity index (χ3v) is 4.24. The van der Waals surface area contributed by atoms with Gasteiger partial charge in [0.05, 0.1) is 17.4 Å².